The molecule has 0 aliphatic carbocycles. The topological polar surface area (TPSA) is 68.3 Å². The molecule has 0 aliphatic heterocycles. The monoisotopic (exact) mass is 224 g/mol. The number of carbonyl (C=O) groups is 2. The molecular formula is C9H8N2O3S. The maximum absolute atomic E-state index is 11.0. The molecule has 78 valence electrons. The molecule has 0 bridgehead atoms. The van der Waals surface area contributed by atoms with E-state index in [2.05, 4.69) is 21.0 Å². The molecule has 0 aromatic carbocycles. The summed E-state index contributed by atoms with van der Waals surface area (Å²) < 4.78 is 4.56. The minimum atomic E-state index is -0.683. The van der Waals surface area contributed by atoms with Crippen molar-refractivity contribution in [2.24, 2.45) is 0 Å². The van der Waals surface area contributed by atoms with Crippen molar-refractivity contribution >= 4 is 28.3 Å². The zero-order valence-corrected chi connectivity index (χ0v) is 8.76. The summed E-state index contributed by atoms with van der Waals surface area (Å²) in [5.41, 5.74) is 0.312. The number of amides is 1. The van der Waals surface area contributed by atoms with Gasteiger partial charge in [0.15, 0.2) is 17.5 Å². The molecule has 1 rings (SSSR count). The molecule has 15 heavy (non-hydrogen) atoms. The zero-order chi connectivity index (χ0) is 11.3. The van der Waals surface area contributed by atoms with Crippen LogP contribution in [-0.4, -0.2) is 23.5 Å². The number of aromatic nitrogens is 1. The predicted octanol–water partition coefficient (Wildman–Crippen LogP) is 1.53. The first-order valence-electron chi connectivity index (χ1n) is 3.97. The van der Waals surface area contributed by atoms with Crippen molar-refractivity contribution < 1.29 is 14.3 Å². The molecule has 0 fully saturated rings. The van der Waals surface area contributed by atoms with Crippen LogP contribution in [0.25, 0.3) is 0 Å². The summed E-state index contributed by atoms with van der Waals surface area (Å²) >= 11 is 1.14. The Morgan fingerprint density at radius 3 is 3.00 bits per heavy atom. The first-order chi connectivity index (χ1) is 7.13. The summed E-state index contributed by atoms with van der Waals surface area (Å²) in [7, 11) is 0. The third-order valence-electron chi connectivity index (χ3n) is 1.36. The third kappa shape index (κ3) is 3.40. The third-order valence-corrected chi connectivity index (χ3v) is 2.12. The zero-order valence-electron chi connectivity index (χ0n) is 7.94. The van der Waals surface area contributed by atoms with E-state index in [0.29, 0.717) is 10.8 Å². The quantitative estimate of drug-likeness (QED) is 0.624. The van der Waals surface area contributed by atoms with Gasteiger partial charge in [-0.25, -0.2) is 9.78 Å². The van der Waals surface area contributed by atoms with E-state index in [1.165, 1.54) is 6.92 Å². The predicted molar refractivity (Wildman–Crippen MR) is 55.9 cm³/mol. The SMILES string of the molecule is C#CCOC(=O)Nc1nc(C(C)=O)cs1. The van der Waals surface area contributed by atoms with Crippen LogP contribution >= 0.6 is 11.3 Å². The summed E-state index contributed by atoms with van der Waals surface area (Å²) in [6.07, 6.45) is 4.22. The molecule has 1 aromatic heterocycles. The van der Waals surface area contributed by atoms with Gasteiger partial charge in [0.1, 0.15) is 5.69 Å². The van der Waals surface area contributed by atoms with E-state index in [9.17, 15) is 9.59 Å². The van der Waals surface area contributed by atoms with Gasteiger partial charge in [-0.2, -0.15) is 0 Å². The van der Waals surface area contributed by atoms with Gasteiger partial charge in [-0.1, -0.05) is 5.92 Å². The molecular weight excluding hydrogens is 216 g/mol. The highest BCUT2D eigenvalue weighted by atomic mass is 32.1. The van der Waals surface area contributed by atoms with Gasteiger partial charge in [0, 0.05) is 12.3 Å². The minimum absolute atomic E-state index is 0.100. The standard InChI is InChI=1S/C9H8N2O3S/c1-3-4-14-9(13)11-8-10-7(5-15-8)6(2)12/h1,5H,4H2,2H3,(H,10,11,13). The van der Waals surface area contributed by atoms with Crippen LogP contribution in [0.2, 0.25) is 0 Å². The second-order valence-corrected chi connectivity index (χ2v) is 3.36. The van der Waals surface area contributed by atoms with Gasteiger partial charge >= 0.3 is 6.09 Å². The fraction of sp³-hybridized carbons (Fsp3) is 0.222. The fourth-order valence-corrected chi connectivity index (χ4v) is 1.46. The van der Waals surface area contributed by atoms with Crippen molar-refractivity contribution in [1.82, 2.24) is 4.98 Å². The molecule has 0 saturated carbocycles. The molecule has 1 heterocycles. The molecule has 1 aromatic rings. The van der Waals surface area contributed by atoms with Gasteiger partial charge in [-0.05, 0) is 0 Å². The van der Waals surface area contributed by atoms with Crippen molar-refractivity contribution in [2.45, 2.75) is 6.92 Å². The molecule has 5 nitrogen and oxygen atoms in total. The van der Waals surface area contributed by atoms with Crippen LogP contribution < -0.4 is 5.32 Å². The maximum atomic E-state index is 11.0. The van der Waals surface area contributed by atoms with Gasteiger partial charge in [-0.15, -0.1) is 17.8 Å². The normalized spacial score (nSPS) is 9.07. The van der Waals surface area contributed by atoms with E-state index in [-0.39, 0.29) is 12.4 Å². The van der Waals surface area contributed by atoms with Crippen LogP contribution in [0.5, 0.6) is 0 Å². The second-order valence-electron chi connectivity index (χ2n) is 2.50. The Morgan fingerprint density at radius 2 is 2.47 bits per heavy atom. The molecule has 0 radical (unpaired) electrons. The lowest BCUT2D eigenvalue weighted by Gasteiger charge is -1.99. The lowest BCUT2D eigenvalue weighted by Crippen LogP contribution is -2.13. The van der Waals surface area contributed by atoms with E-state index >= 15 is 0 Å². The Hall–Kier alpha value is -1.87. The summed E-state index contributed by atoms with van der Waals surface area (Å²) in [6, 6.07) is 0. The molecule has 0 atom stereocenters. The smallest absolute Gasteiger partial charge is 0.414 e. The van der Waals surface area contributed by atoms with Crippen molar-refractivity contribution in [1.29, 1.82) is 0 Å². The molecule has 1 N–H and O–H groups in total. The minimum Gasteiger partial charge on any atom is -0.436 e. The first-order valence-corrected chi connectivity index (χ1v) is 4.85. The van der Waals surface area contributed by atoms with Crippen molar-refractivity contribution in [3.8, 4) is 12.3 Å². The lowest BCUT2D eigenvalue weighted by atomic mass is 10.4. The average Bonchev–Trinajstić information content (AvgIpc) is 2.63. The molecule has 0 spiro atoms. The highest BCUT2D eigenvalue weighted by molar-refractivity contribution is 7.14. The van der Waals surface area contributed by atoms with Gasteiger partial charge in [-0.3, -0.25) is 10.1 Å². The van der Waals surface area contributed by atoms with E-state index in [1.54, 1.807) is 5.38 Å². The number of thiazole rings is 1. The summed E-state index contributed by atoms with van der Waals surface area (Å²) in [6.45, 7) is 1.30. The lowest BCUT2D eigenvalue weighted by molar-refractivity contribution is 0.101. The largest absolute Gasteiger partial charge is 0.436 e. The van der Waals surface area contributed by atoms with Gasteiger partial charge in [0.25, 0.3) is 0 Å². The molecule has 1 amide bonds. The number of hydrogen-bond acceptors (Lipinski definition) is 5. The highest BCUT2D eigenvalue weighted by Gasteiger charge is 2.08. The van der Waals surface area contributed by atoms with Crippen LogP contribution in [0.4, 0.5) is 9.93 Å². The summed E-state index contributed by atoms with van der Waals surface area (Å²) in [4.78, 5) is 25.8. The number of hydrogen-bond donors (Lipinski definition) is 1. The van der Waals surface area contributed by atoms with Crippen LogP contribution in [0.15, 0.2) is 5.38 Å². The number of Topliss-reactive ketones (excluding diaryl/α,β-unsaturated/α-hetero) is 1. The van der Waals surface area contributed by atoms with Crippen LogP contribution in [0, 0.1) is 12.3 Å². The maximum Gasteiger partial charge on any atom is 0.414 e. The Morgan fingerprint density at radius 1 is 1.73 bits per heavy atom. The Kier molecular flexibility index (Phi) is 3.83. The van der Waals surface area contributed by atoms with Crippen LogP contribution in [0.1, 0.15) is 17.4 Å². The van der Waals surface area contributed by atoms with Crippen molar-refractivity contribution in [2.75, 3.05) is 11.9 Å². The number of rotatable bonds is 3. The van der Waals surface area contributed by atoms with E-state index in [1.807, 2.05) is 0 Å². The van der Waals surface area contributed by atoms with Gasteiger partial charge in [0.05, 0.1) is 0 Å². The molecule has 0 aliphatic rings. The Labute approximate surface area is 90.5 Å². The number of terminal acetylenes is 1. The first kappa shape index (κ1) is 11.2. The number of carbonyl (C=O) groups excluding carboxylic acids is 2. The number of nitrogens with zero attached hydrogens (tertiary/aromatic N) is 1. The molecule has 0 saturated heterocycles. The van der Waals surface area contributed by atoms with Crippen molar-refractivity contribution in [3.05, 3.63) is 11.1 Å². The number of ketones is 1. The van der Waals surface area contributed by atoms with Crippen LogP contribution in [-0.2, 0) is 4.74 Å². The fourth-order valence-electron chi connectivity index (χ4n) is 0.723. The second kappa shape index (κ2) is 5.12. The van der Waals surface area contributed by atoms with Crippen LogP contribution in [0.3, 0.4) is 0 Å². The Balaban J connectivity index is 2.54. The molecule has 6 heteroatoms. The van der Waals surface area contributed by atoms with E-state index in [4.69, 9.17) is 6.42 Å². The number of nitrogens with one attached hydrogen (secondary N) is 1. The number of anilines is 1. The summed E-state index contributed by atoms with van der Waals surface area (Å²) in [5, 5.41) is 4.21. The van der Waals surface area contributed by atoms with Gasteiger partial charge in [0.2, 0.25) is 0 Å². The molecule has 0 unspecified atom stereocenters. The Bertz CT molecular complexity index is 419. The number of ether oxygens (including phenoxy) is 1. The average molecular weight is 224 g/mol. The van der Waals surface area contributed by atoms with E-state index in [0.717, 1.165) is 11.3 Å². The van der Waals surface area contributed by atoms with Crippen molar-refractivity contribution in [3.63, 3.8) is 0 Å². The van der Waals surface area contributed by atoms with Gasteiger partial charge < -0.3 is 4.74 Å². The summed E-state index contributed by atoms with van der Waals surface area (Å²) in [5.74, 6) is 2.00. The van der Waals surface area contributed by atoms with E-state index < -0.39 is 6.09 Å². The highest BCUT2D eigenvalue weighted by Crippen LogP contribution is 2.15.